The molecule has 0 aliphatic rings. The average molecular weight is 461 g/mol. The van der Waals surface area contributed by atoms with Crippen molar-refractivity contribution < 1.29 is 15.0 Å². The Labute approximate surface area is 143 Å². The number of anilines is 1. The molecule has 0 unspecified atom stereocenters. The number of carboxylic acids is 1. The smallest absolute Gasteiger partial charge is 0.335 e. The Bertz CT molecular complexity index is 719. The summed E-state index contributed by atoms with van der Waals surface area (Å²) in [5.41, 5.74) is 4.01. The molecule has 0 heterocycles. The monoisotopic (exact) mass is 460 g/mol. The zero-order chi connectivity index (χ0) is 15.4. The summed E-state index contributed by atoms with van der Waals surface area (Å²) < 4.78 is 1.54. The summed E-state index contributed by atoms with van der Waals surface area (Å²) in [5.74, 6) is -0.856. The number of carboxylic acid groups (broad SMARTS) is 1. The summed E-state index contributed by atoms with van der Waals surface area (Å²) in [7, 11) is 0. The van der Waals surface area contributed by atoms with Gasteiger partial charge in [-0.3, -0.25) is 5.43 Å². The molecule has 3 N–H and O–H groups in total. The first-order valence-electron chi connectivity index (χ1n) is 5.78. The quantitative estimate of drug-likeness (QED) is 0.367. The molecule has 0 bridgehead atoms. The second-order valence-corrected chi connectivity index (χ2v) is 6.16. The Hall–Kier alpha value is -1.61. The van der Waals surface area contributed by atoms with Crippen molar-refractivity contribution in [1.29, 1.82) is 0 Å². The molecule has 0 aliphatic heterocycles. The van der Waals surface area contributed by atoms with Gasteiger partial charge in [0.15, 0.2) is 0 Å². The molecule has 2 rings (SSSR count). The first-order valence-corrected chi connectivity index (χ1v) is 7.65. The van der Waals surface area contributed by atoms with Crippen LogP contribution in [-0.2, 0) is 0 Å². The summed E-state index contributed by atoms with van der Waals surface area (Å²) in [6.07, 6.45) is 1.47. The summed E-state index contributed by atoms with van der Waals surface area (Å²) in [6, 6.07) is 9.83. The largest absolute Gasteiger partial charge is 0.506 e. The predicted molar refractivity (Wildman–Crippen MR) is 93.1 cm³/mol. The summed E-state index contributed by atoms with van der Waals surface area (Å²) in [6.45, 7) is 0. The fourth-order valence-corrected chi connectivity index (χ4v) is 3.13. The van der Waals surface area contributed by atoms with Crippen LogP contribution in [0.2, 0.25) is 0 Å². The molecule has 0 fully saturated rings. The number of hydrogen-bond donors (Lipinski definition) is 3. The lowest BCUT2D eigenvalue weighted by Crippen LogP contribution is -1.98. The van der Waals surface area contributed by atoms with Crippen molar-refractivity contribution in [2.45, 2.75) is 0 Å². The summed E-state index contributed by atoms with van der Waals surface area (Å²) >= 11 is 5.37. The summed E-state index contributed by atoms with van der Waals surface area (Å²) in [4.78, 5) is 10.9. The number of benzene rings is 2. The number of carbonyl (C=O) groups is 1. The molecule has 0 aromatic heterocycles. The van der Waals surface area contributed by atoms with E-state index in [-0.39, 0.29) is 11.3 Å². The van der Waals surface area contributed by atoms with Crippen LogP contribution in [0, 0.1) is 3.57 Å². The first-order chi connectivity index (χ1) is 9.97. The number of nitrogens with zero attached hydrogens (tertiary/aromatic N) is 1. The van der Waals surface area contributed by atoms with E-state index in [1.54, 1.807) is 24.3 Å². The third-order valence-electron chi connectivity index (χ3n) is 2.56. The van der Waals surface area contributed by atoms with Crippen LogP contribution in [0.3, 0.4) is 0 Å². The molecule has 2 aromatic carbocycles. The normalized spacial score (nSPS) is 10.8. The second kappa shape index (κ2) is 6.90. The molecule has 0 saturated carbocycles. The molecule has 21 heavy (non-hydrogen) atoms. The van der Waals surface area contributed by atoms with Crippen LogP contribution in [-0.4, -0.2) is 22.4 Å². The van der Waals surface area contributed by atoms with E-state index in [0.717, 1.165) is 4.47 Å². The number of nitrogens with one attached hydrogen (secondary N) is 1. The van der Waals surface area contributed by atoms with Crippen LogP contribution < -0.4 is 5.43 Å². The zero-order valence-electron chi connectivity index (χ0n) is 10.5. The Morgan fingerprint density at radius 1 is 1.33 bits per heavy atom. The predicted octanol–water partition coefficient (Wildman–Crippen LogP) is 3.90. The molecular weight excluding hydrogens is 451 g/mol. The van der Waals surface area contributed by atoms with E-state index >= 15 is 0 Å². The van der Waals surface area contributed by atoms with Crippen LogP contribution in [0.5, 0.6) is 5.75 Å². The van der Waals surface area contributed by atoms with Gasteiger partial charge in [0, 0.05) is 10.0 Å². The minimum Gasteiger partial charge on any atom is -0.506 e. The van der Waals surface area contributed by atoms with Crippen LogP contribution >= 0.6 is 38.5 Å². The number of aromatic hydroxyl groups is 1. The molecule has 5 nitrogen and oxygen atoms in total. The van der Waals surface area contributed by atoms with Crippen LogP contribution in [0.15, 0.2) is 46.0 Å². The van der Waals surface area contributed by atoms with Crippen molar-refractivity contribution in [2.24, 2.45) is 5.10 Å². The zero-order valence-corrected chi connectivity index (χ0v) is 14.3. The molecule has 108 valence electrons. The van der Waals surface area contributed by atoms with Crippen molar-refractivity contribution in [3.8, 4) is 5.75 Å². The maximum absolute atomic E-state index is 10.9. The maximum atomic E-state index is 10.9. The van der Waals surface area contributed by atoms with Crippen molar-refractivity contribution in [1.82, 2.24) is 0 Å². The SMILES string of the molecule is O=C(O)c1cccc(NN=Cc2cc(Br)cc(I)c2O)c1. The van der Waals surface area contributed by atoms with Crippen LogP contribution in [0.25, 0.3) is 0 Å². The molecule has 0 spiro atoms. The number of halogens is 2. The van der Waals surface area contributed by atoms with E-state index in [4.69, 9.17) is 5.11 Å². The van der Waals surface area contributed by atoms with E-state index in [1.165, 1.54) is 18.3 Å². The summed E-state index contributed by atoms with van der Waals surface area (Å²) in [5, 5.41) is 22.8. The lowest BCUT2D eigenvalue weighted by Gasteiger charge is -2.04. The molecule has 0 aliphatic carbocycles. The highest BCUT2D eigenvalue weighted by molar-refractivity contribution is 14.1. The number of phenols is 1. The van der Waals surface area contributed by atoms with Gasteiger partial charge in [-0.05, 0) is 52.9 Å². The van der Waals surface area contributed by atoms with Crippen LogP contribution in [0.4, 0.5) is 5.69 Å². The van der Waals surface area contributed by atoms with E-state index in [0.29, 0.717) is 14.8 Å². The Kier molecular flexibility index (Phi) is 5.18. The van der Waals surface area contributed by atoms with Gasteiger partial charge in [0.2, 0.25) is 0 Å². The minimum atomic E-state index is -0.998. The van der Waals surface area contributed by atoms with Gasteiger partial charge in [-0.25, -0.2) is 4.79 Å². The fourth-order valence-electron chi connectivity index (χ4n) is 1.58. The topological polar surface area (TPSA) is 81.9 Å². The number of rotatable bonds is 4. The number of aromatic carboxylic acids is 1. The second-order valence-electron chi connectivity index (χ2n) is 4.08. The molecule has 0 radical (unpaired) electrons. The number of hydrazone groups is 1. The van der Waals surface area contributed by atoms with E-state index in [1.807, 2.05) is 22.6 Å². The van der Waals surface area contributed by atoms with Crippen molar-refractivity contribution in [3.63, 3.8) is 0 Å². The van der Waals surface area contributed by atoms with Crippen LogP contribution in [0.1, 0.15) is 15.9 Å². The van der Waals surface area contributed by atoms with Gasteiger partial charge in [0.05, 0.1) is 21.0 Å². The van der Waals surface area contributed by atoms with Gasteiger partial charge in [-0.1, -0.05) is 22.0 Å². The lowest BCUT2D eigenvalue weighted by atomic mass is 10.2. The molecular formula is C14H10BrIN2O3. The highest BCUT2D eigenvalue weighted by Gasteiger charge is 2.05. The van der Waals surface area contributed by atoms with Gasteiger partial charge in [0.25, 0.3) is 0 Å². The number of phenolic OH excluding ortho intramolecular Hbond substituents is 1. The average Bonchev–Trinajstić information content (AvgIpc) is 2.44. The molecule has 0 atom stereocenters. The van der Waals surface area contributed by atoms with Gasteiger partial charge < -0.3 is 10.2 Å². The third kappa shape index (κ3) is 4.18. The standard InChI is InChI=1S/C14H10BrIN2O3/c15-10-4-9(13(19)12(16)6-10)7-17-18-11-3-1-2-8(5-11)14(20)21/h1-7,18-19H,(H,20,21). The Balaban J connectivity index is 2.16. The highest BCUT2D eigenvalue weighted by Crippen LogP contribution is 2.27. The molecule has 0 amide bonds. The molecule has 2 aromatic rings. The van der Waals surface area contributed by atoms with Crippen molar-refractivity contribution in [3.05, 3.63) is 55.6 Å². The van der Waals surface area contributed by atoms with Gasteiger partial charge in [0.1, 0.15) is 5.75 Å². The van der Waals surface area contributed by atoms with Crippen molar-refractivity contribution >= 4 is 56.4 Å². The van der Waals surface area contributed by atoms with Gasteiger partial charge in [-0.2, -0.15) is 5.10 Å². The number of hydrogen-bond acceptors (Lipinski definition) is 4. The van der Waals surface area contributed by atoms with E-state index < -0.39 is 5.97 Å². The fraction of sp³-hybridized carbons (Fsp3) is 0. The Morgan fingerprint density at radius 3 is 2.81 bits per heavy atom. The Morgan fingerprint density at radius 2 is 2.10 bits per heavy atom. The first kappa shape index (κ1) is 15.8. The van der Waals surface area contributed by atoms with E-state index in [2.05, 4.69) is 26.5 Å². The van der Waals surface area contributed by atoms with Crippen molar-refractivity contribution in [2.75, 3.05) is 5.43 Å². The molecule has 0 saturated heterocycles. The molecule has 7 heteroatoms. The maximum Gasteiger partial charge on any atom is 0.335 e. The van der Waals surface area contributed by atoms with Gasteiger partial charge >= 0.3 is 5.97 Å². The minimum absolute atomic E-state index is 0.142. The van der Waals surface area contributed by atoms with E-state index in [9.17, 15) is 9.90 Å². The van der Waals surface area contributed by atoms with Gasteiger partial charge in [-0.15, -0.1) is 0 Å². The highest BCUT2D eigenvalue weighted by atomic mass is 127. The lowest BCUT2D eigenvalue weighted by molar-refractivity contribution is 0.0697. The third-order valence-corrected chi connectivity index (χ3v) is 3.84.